The molecule has 0 amide bonds. The Morgan fingerprint density at radius 1 is 1.20 bits per heavy atom. The third kappa shape index (κ3) is 2.35. The summed E-state index contributed by atoms with van der Waals surface area (Å²) in [4.78, 5) is 14.4. The molecule has 0 saturated heterocycles. The number of carbonyl (C=O) groups is 1. The summed E-state index contributed by atoms with van der Waals surface area (Å²) in [7, 11) is 0. The van der Waals surface area contributed by atoms with Gasteiger partial charge in [-0.05, 0) is 18.2 Å². The van der Waals surface area contributed by atoms with Crippen molar-refractivity contribution in [1.82, 2.24) is 4.98 Å². The van der Waals surface area contributed by atoms with E-state index in [4.69, 9.17) is 4.42 Å². The highest BCUT2D eigenvalue weighted by Crippen LogP contribution is 2.27. The Morgan fingerprint density at radius 3 is 2.40 bits per heavy atom. The van der Waals surface area contributed by atoms with Gasteiger partial charge >= 0.3 is 0 Å². The summed E-state index contributed by atoms with van der Waals surface area (Å²) in [5, 5.41) is 0. The standard InChI is InChI=1S/C10H5Br2NO2/c11-7-1-6(2-8(12)3-7)10-13-4-9(5-14)15-10/h1-5H. The number of hydrogen-bond donors (Lipinski definition) is 0. The van der Waals surface area contributed by atoms with Crippen LogP contribution in [0.15, 0.2) is 37.8 Å². The lowest BCUT2D eigenvalue weighted by Crippen LogP contribution is -1.77. The topological polar surface area (TPSA) is 43.1 Å². The second kappa shape index (κ2) is 4.28. The SMILES string of the molecule is O=Cc1cnc(-c2cc(Br)cc(Br)c2)o1. The molecule has 0 bridgehead atoms. The summed E-state index contributed by atoms with van der Waals surface area (Å²) in [5.74, 6) is 0.653. The van der Waals surface area contributed by atoms with Crippen LogP contribution in [0.3, 0.4) is 0 Å². The first-order chi connectivity index (χ1) is 7.19. The summed E-state index contributed by atoms with van der Waals surface area (Å²) >= 11 is 6.73. The van der Waals surface area contributed by atoms with Gasteiger partial charge in [-0.15, -0.1) is 0 Å². The molecular weight excluding hydrogens is 326 g/mol. The molecule has 1 aromatic heterocycles. The molecule has 1 aromatic carbocycles. The number of carbonyl (C=O) groups excluding carboxylic acids is 1. The van der Waals surface area contributed by atoms with Crippen molar-refractivity contribution in [2.45, 2.75) is 0 Å². The number of nitrogens with zero attached hydrogens (tertiary/aromatic N) is 1. The number of oxazole rings is 1. The molecule has 76 valence electrons. The van der Waals surface area contributed by atoms with E-state index in [1.165, 1.54) is 6.20 Å². The fourth-order valence-electron chi connectivity index (χ4n) is 1.15. The van der Waals surface area contributed by atoms with Gasteiger partial charge in [-0.2, -0.15) is 0 Å². The minimum Gasteiger partial charge on any atom is -0.433 e. The highest BCUT2D eigenvalue weighted by molar-refractivity contribution is 9.11. The molecule has 0 spiro atoms. The van der Waals surface area contributed by atoms with E-state index in [1.54, 1.807) is 0 Å². The zero-order valence-electron chi connectivity index (χ0n) is 7.41. The third-order valence-electron chi connectivity index (χ3n) is 1.75. The van der Waals surface area contributed by atoms with Crippen LogP contribution in [0.4, 0.5) is 0 Å². The van der Waals surface area contributed by atoms with Gasteiger partial charge in [0.1, 0.15) is 0 Å². The minimum atomic E-state index is 0.223. The van der Waals surface area contributed by atoms with Gasteiger partial charge < -0.3 is 4.42 Å². The Labute approximate surface area is 103 Å². The third-order valence-corrected chi connectivity index (χ3v) is 2.66. The molecule has 2 aromatic rings. The zero-order valence-corrected chi connectivity index (χ0v) is 10.6. The Morgan fingerprint density at radius 2 is 1.87 bits per heavy atom. The molecule has 15 heavy (non-hydrogen) atoms. The van der Waals surface area contributed by atoms with Crippen molar-refractivity contribution >= 4 is 38.1 Å². The van der Waals surface area contributed by atoms with Gasteiger partial charge in [0, 0.05) is 14.5 Å². The minimum absolute atomic E-state index is 0.223. The van der Waals surface area contributed by atoms with Crippen LogP contribution in [0.5, 0.6) is 0 Å². The number of aldehydes is 1. The maximum atomic E-state index is 10.4. The van der Waals surface area contributed by atoms with Gasteiger partial charge in [-0.1, -0.05) is 31.9 Å². The van der Waals surface area contributed by atoms with E-state index in [-0.39, 0.29) is 5.76 Å². The van der Waals surface area contributed by atoms with E-state index in [1.807, 2.05) is 18.2 Å². The molecule has 0 saturated carbocycles. The quantitative estimate of drug-likeness (QED) is 0.789. The van der Waals surface area contributed by atoms with E-state index in [0.717, 1.165) is 14.5 Å². The molecule has 0 N–H and O–H groups in total. The van der Waals surface area contributed by atoms with E-state index < -0.39 is 0 Å². The van der Waals surface area contributed by atoms with E-state index in [0.29, 0.717) is 12.2 Å². The van der Waals surface area contributed by atoms with Crippen molar-refractivity contribution in [3.63, 3.8) is 0 Å². The van der Waals surface area contributed by atoms with Gasteiger partial charge in [0.05, 0.1) is 6.20 Å². The fourth-order valence-corrected chi connectivity index (χ4v) is 2.45. The molecule has 5 heteroatoms. The Balaban J connectivity index is 2.48. The first kappa shape index (κ1) is 10.6. The average molecular weight is 331 g/mol. The lowest BCUT2D eigenvalue weighted by Gasteiger charge is -1.98. The van der Waals surface area contributed by atoms with Crippen LogP contribution in [0, 0.1) is 0 Å². The fraction of sp³-hybridized carbons (Fsp3) is 0. The smallest absolute Gasteiger partial charge is 0.226 e. The molecule has 0 aliphatic heterocycles. The summed E-state index contributed by atoms with van der Waals surface area (Å²) < 4.78 is 7.04. The van der Waals surface area contributed by atoms with Crippen molar-refractivity contribution in [3.05, 3.63) is 39.1 Å². The predicted octanol–water partition coefficient (Wildman–Crippen LogP) is 3.68. The van der Waals surface area contributed by atoms with Gasteiger partial charge in [0.15, 0.2) is 12.0 Å². The van der Waals surface area contributed by atoms with Crippen LogP contribution < -0.4 is 0 Å². The van der Waals surface area contributed by atoms with Crippen molar-refractivity contribution in [1.29, 1.82) is 0 Å². The summed E-state index contributed by atoms with van der Waals surface area (Å²) in [6, 6.07) is 5.64. The van der Waals surface area contributed by atoms with Crippen molar-refractivity contribution < 1.29 is 9.21 Å². The van der Waals surface area contributed by atoms with Crippen LogP contribution in [-0.2, 0) is 0 Å². The number of benzene rings is 1. The normalized spacial score (nSPS) is 10.3. The molecule has 3 nitrogen and oxygen atoms in total. The number of hydrogen-bond acceptors (Lipinski definition) is 3. The van der Waals surface area contributed by atoms with Crippen LogP contribution in [0.25, 0.3) is 11.5 Å². The van der Waals surface area contributed by atoms with Crippen LogP contribution in [0.2, 0.25) is 0 Å². The average Bonchev–Trinajstić information content (AvgIpc) is 2.64. The first-order valence-electron chi connectivity index (χ1n) is 4.06. The maximum absolute atomic E-state index is 10.4. The zero-order chi connectivity index (χ0) is 10.8. The second-order valence-corrected chi connectivity index (χ2v) is 4.68. The van der Waals surface area contributed by atoms with Gasteiger partial charge in [0.25, 0.3) is 0 Å². The Kier molecular flexibility index (Phi) is 3.02. The van der Waals surface area contributed by atoms with E-state index in [2.05, 4.69) is 36.8 Å². The number of rotatable bonds is 2. The summed E-state index contributed by atoms with van der Waals surface area (Å²) in [6.07, 6.45) is 2.03. The van der Waals surface area contributed by atoms with Crippen molar-refractivity contribution in [3.8, 4) is 11.5 Å². The molecule has 0 unspecified atom stereocenters. The number of aromatic nitrogens is 1. The summed E-state index contributed by atoms with van der Waals surface area (Å²) in [5.41, 5.74) is 0.810. The summed E-state index contributed by atoms with van der Waals surface area (Å²) in [6.45, 7) is 0. The lowest BCUT2D eigenvalue weighted by atomic mass is 10.2. The first-order valence-corrected chi connectivity index (χ1v) is 5.65. The molecule has 1 heterocycles. The molecular formula is C10H5Br2NO2. The highest BCUT2D eigenvalue weighted by atomic mass is 79.9. The molecule has 0 fully saturated rings. The van der Waals surface area contributed by atoms with Crippen molar-refractivity contribution in [2.24, 2.45) is 0 Å². The highest BCUT2D eigenvalue weighted by Gasteiger charge is 2.07. The molecule has 0 radical (unpaired) electrons. The second-order valence-electron chi connectivity index (χ2n) is 2.84. The van der Waals surface area contributed by atoms with Crippen molar-refractivity contribution in [2.75, 3.05) is 0 Å². The van der Waals surface area contributed by atoms with E-state index >= 15 is 0 Å². The Bertz CT molecular complexity index is 488. The van der Waals surface area contributed by atoms with Crippen LogP contribution >= 0.6 is 31.9 Å². The molecule has 2 rings (SSSR count). The van der Waals surface area contributed by atoms with Crippen LogP contribution in [0.1, 0.15) is 10.6 Å². The maximum Gasteiger partial charge on any atom is 0.226 e. The van der Waals surface area contributed by atoms with Gasteiger partial charge in [-0.3, -0.25) is 4.79 Å². The Hall–Kier alpha value is -0.940. The van der Waals surface area contributed by atoms with Gasteiger partial charge in [0.2, 0.25) is 5.89 Å². The molecule has 0 atom stereocenters. The lowest BCUT2D eigenvalue weighted by molar-refractivity contribution is 0.110. The van der Waals surface area contributed by atoms with Crippen LogP contribution in [-0.4, -0.2) is 11.3 Å². The largest absolute Gasteiger partial charge is 0.433 e. The predicted molar refractivity (Wildman–Crippen MR) is 62.7 cm³/mol. The molecule has 0 aliphatic rings. The monoisotopic (exact) mass is 329 g/mol. The molecule has 0 aliphatic carbocycles. The number of halogens is 2. The van der Waals surface area contributed by atoms with E-state index in [9.17, 15) is 4.79 Å². The van der Waals surface area contributed by atoms with Gasteiger partial charge in [-0.25, -0.2) is 4.98 Å².